The molecule has 1 aromatic carbocycles. The summed E-state index contributed by atoms with van der Waals surface area (Å²) in [5, 5.41) is 4.16. The Morgan fingerprint density at radius 1 is 1.25 bits per heavy atom. The number of alkyl halides is 3. The zero-order valence-electron chi connectivity index (χ0n) is 10.7. The monoisotopic (exact) mass is 302 g/mol. The second-order valence-corrected chi connectivity index (χ2v) is 5.45. The van der Waals surface area contributed by atoms with Crippen molar-refractivity contribution < 1.29 is 17.9 Å². The van der Waals surface area contributed by atoms with E-state index in [2.05, 4.69) is 15.0 Å². The number of anilines is 1. The van der Waals surface area contributed by atoms with E-state index in [1.807, 2.05) is 6.92 Å². The van der Waals surface area contributed by atoms with Gasteiger partial charge in [-0.3, -0.25) is 0 Å². The number of halogens is 3. The molecule has 2 rings (SSSR count). The van der Waals surface area contributed by atoms with Gasteiger partial charge in [-0.25, -0.2) is 4.98 Å². The first kappa shape index (κ1) is 14.6. The number of nitrogens with one attached hydrogen (secondary N) is 1. The Morgan fingerprint density at radius 3 is 2.50 bits per heavy atom. The summed E-state index contributed by atoms with van der Waals surface area (Å²) in [6, 6.07) is 6.37. The van der Waals surface area contributed by atoms with Crippen molar-refractivity contribution in [2.45, 2.75) is 19.6 Å². The van der Waals surface area contributed by atoms with Gasteiger partial charge in [-0.15, -0.1) is 11.3 Å². The minimum atomic E-state index is -4.32. The summed E-state index contributed by atoms with van der Waals surface area (Å²) < 4.78 is 40.6. The summed E-state index contributed by atoms with van der Waals surface area (Å²) in [6.07, 6.45) is -2.52. The number of benzene rings is 1. The molecule has 1 aromatic heterocycles. The van der Waals surface area contributed by atoms with E-state index in [0.717, 1.165) is 15.6 Å². The van der Waals surface area contributed by atoms with Crippen molar-refractivity contribution in [1.29, 1.82) is 0 Å². The van der Waals surface area contributed by atoms with Crippen molar-refractivity contribution in [1.82, 2.24) is 4.98 Å². The molecule has 0 saturated heterocycles. The Balaban J connectivity index is 1.85. The molecule has 0 aliphatic rings. The fourth-order valence-electron chi connectivity index (χ4n) is 1.51. The highest BCUT2D eigenvalue weighted by atomic mass is 32.1. The zero-order chi connectivity index (χ0) is 14.6. The van der Waals surface area contributed by atoms with E-state index in [9.17, 15) is 13.2 Å². The smallest absolute Gasteiger partial charge is 0.422 e. The predicted molar refractivity (Wildman–Crippen MR) is 72.2 cm³/mol. The Labute approximate surface area is 118 Å². The maximum Gasteiger partial charge on any atom is 0.422 e. The van der Waals surface area contributed by atoms with Gasteiger partial charge in [0.1, 0.15) is 5.75 Å². The lowest BCUT2D eigenvalue weighted by atomic mass is 10.3. The summed E-state index contributed by atoms with van der Waals surface area (Å²) in [5.74, 6) is 0.196. The summed E-state index contributed by atoms with van der Waals surface area (Å²) in [6.45, 7) is 1.29. The molecule has 0 atom stereocenters. The van der Waals surface area contributed by atoms with Crippen LogP contribution in [0, 0.1) is 6.92 Å². The van der Waals surface area contributed by atoms with E-state index < -0.39 is 12.8 Å². The van der Waals surface area contributed by atoms with Gasteiger partial charge >= 0.3 is 6.18 Å². The molecule has 1 heterocycles. The third kappa shape index (κ3) is 4.73. The first-order valence-electron chi connectivity index (χ1n) is 5.87. The molecule has 0 spiro atoms. The molecule has 108 valence electrons. The highest BCUT2D eigenvalue weighted by molar-refractivity contribution is 7.11. The van der Waals surface area contributed by atoms with Crippen LogP contribution < -0.4 is 10.1 Å². The van der Waals surface area contributed by atoms with Gasteiger partial charge in [-0.2, -0.15) is 13.2 Å². The molecule has 0 aliphatic carbocycles. The van der Waals surface area contributed by atoms with Gasteiger partial charge < -0.3 is 10.1 Å². The minimum Gasteiger partial charge on any atom is -0.484 e. The lowest BCUT2D eigenvalue weighted by molar-refractivity contribution is -0.153. The third-order valence-electron chi connectivity index (χ3n) is 2.39. The molecule has 0 unspecified atom stereocenters. The number of aryl methyl sites for hydroxylation is 1. The van der Waals surface area contributed by atoms with Gasteiger partial charge in [-0.05, 0) is 31.2 Å². The lowest BCUT2D eigenvalue weighted by Gasteiger charge is -2.10. The highest BCUT2D eigenvalue weighted by Gasteiger charge is 2.28. The molecule has 0 amide bonds. The summed E-state index contributed by atoms with van der Waals surface area (Å²) in [4.78, 5) is 5.24. The fourth-order valence-corrected chi connectivity index (χ4v) is 2.25. The molecule has 0 bridgehead atoms. The lowest BCUT2D eigenvalue weighted by Crippen LogP contribution is -2.19. The topological polar surface area (TPSA) is 34.2 Å². The molecular formula is C13H13F3N2OS. The second kappa shape index (κ2) is 6.13. The molecule has 3 nitrogen and oxygen atoms in total. The standard InChI is InChI=1S/C13H13F3N2OS/c1-9-17-6-12(20-9)7-18-10-2-4-11(5-3-10)19-8-13(14,15)16/h2-6,18H,7-8H2,1H3. The fraction of sp³-hybridized carbons (Fsp3) is 0.308. The molecule has 1 N–H and O–H groups in total. The van der Waals surface area contributed by atoms with Crippen LogP contribution >= 0.6 is 11.3 Å². The van der Waals surface area contributed by atoms with Crippen LogP contribution in [0.25, 0.3) is 0 Å². The summed E-state index contributed by atoms with van der Waals surface area (Å²) in [7, 11) is 0. The van der Waals surface area contributed by atoms with Crippen LogP contribution in [-0.2, 0) is 6.54 Å². The Bertz CT molecular complexity index is 551. The van der Waals surface area contributed by atoms with Gasteiger partial charge in [0.2, 0.25) is 0 Å². The number of rotatable bonds is 5. The molecule has 0 fully saturated rings. The largest absolute Gasteiger partial charge is 0.484 e. The number of aromatic nitrogens is 1. The van der Waals surface area contributed by atoms with Crippen LogP contribution in [0.3, 0.4) is 0 Å². The first-order chi connectivity index (χ1) is 9.42. The van der Waals surface area contributed by atoms with E-state index in [0.29, 0.717) is 6.54 Å². The van der Waals surface area contributed by atoms with Gasteiger partial charge in [-0.1, -0.05) is 0 Å². The molecule has 0 radical (unpaired) electrons. The van der Waals surface area contributed by atoms with E-state index in [-0.39, 0.29) is 5.75 Å². The zero-order valence-corrected chi connectivity index (χ0v) is 11.5. The number of ether oxygens (including phenoxy) is 1. The van der Waals surface area contributed by atoms with E-state index in [4.69, 9.17) is 0 Å². The maximum absolute atomic E-state index is 12.0. The average Bonchev–Trinajstić information content (AvgIpc) is 2.80. The highest BCUT2D eigenvalue weighted by Crippen LogP contribution is 2.21. The van der Waals surface area contributed by atoms with Crippen LogP contribution in [0.1, 0.15) is 9.88 Å². The molecule has 20 heavy (non-hydrogen) atoms. The molecule has 2 aromatic rings. The quantitative estimate of drug-likeness (QED) is 0.906. The van der Waals surface area contributed by atoms with Crippen molar-refractivity contribution in [3.63, 3.8) is 0 Å². The summed E-state index contributed by atoms with van der Waals surface area (Å²) >= 11 is 1.60. The molecule has 0 saturated carbocycles. The Morgan fingerprint density at radius 2 is 1.95 bits per heavy atom. The van der Waals surface area contributed by atoms with Gasteiger partial charge in [0, 0.05) is 16.8 Å². The Kier molecular flexibility index (Phi) is 4.49. The first-order valence-corrected chi connectivity index (χ1v) is 6.69. The van der Waals surface area contributed by atoms with Gasteiger partial charge in [0.25, 0.3) is 0 Å². The number of hydrogen-bond acceptors (Lipinski definition) is 4. The number of thiazole rings is 1. The average molecular weight is 302 g/mol. The second-order valence-electron chi connectivity index (χ2n) is 4.13. The SMILES string of the molecule is Cc1ncc(CNc2ccc(OCC(F)(F)F)cc2)s1. The normalized spacial score (nSPS) is 11.4. The van der Waals surface area contributed by atoms with Gasteiger partial charge in [0.15, 0.2) is 6.61 Å². The van der Waals surface area contributed by atoms with Crippen LogP contribution in [0.15, 0.2) is 30.5 Å². The number of hydrogen-bond donors (Lipinski definition) is 1. The molecule has 0 aliphatic heterocycles. The predicted octanol–water partition coefficient (Wildman–Crippen LogP) is 4.00. The van der Waals surface area contributed by atoms with Crippen LogP contribution in [0.2, 0.25) is 0 Å². The molecular weight excluding hydrogens is 289 g/mol. The van der Waals surface area contributed by atoms with E-state index in [1.165, 1.54) is 12.1 Å². The summed E-state index contributed by atoms with van der Waals surface area (Å²) in [5.41, 5.74) is 0.815. The maximum atomic E-state index is 12.0. The van der Waals surface area contributed by atoms with Crippen molar-refractivity contribution in [3.8, 4) is 5.75 Å². The van der Waals surface area contributed by atoms with E-state index in [1.54, 1.807) is 29.7 Å². The number of nitrogens with zero attached hydrogens (tertiary/aromatic N) is 1. The van der Waals surface area contributed by atoms with Crippen molar-refractivity contribution in [2.24, 2.45) is 0 Å². The minimum absolute atomic E-state index is 0.196. The van der Waals surface area contributed by atoms with Crippen molar-refractivity contribution >= 4 is 17.0 Å². The van der Waals surface area contributed by atoms with Crippen LogP contribution in [-0.4, -0.2) is 17.8 Å². The van der Waals surface area contributed by atoms with E-state index >= 15 is 0 Å². The van der Waals surface area contributed by atoms with Gasteiger partial charge in [0.05, 0.1) is 11.6 Å². The molecule has 7 heteroatoms. The van der Waals surface area contributed by atoms with Crippen LogP contribution in [0.4, 0.5) is 18.9 Å². The van der Waals surface area contributed by atoms with Crippen LogP contribution in [0.5, 0.6) is 5.75 Å². The third-order valence-corrected chi connectivity index (χ3v) is 3.31. The Hall–Kier alpha value is -1.76. The van der Waals surface area contributed by atoms with Crippen molar-refractivity contribution in [2.75, 3.05) is 11.9 Å². The van der Waals surface area contributed by atoms with Crippen molar-refractivity contribution in [3.05, 3.63) is 40.3 Å².